The van der Waals surface area contributed by atoms with Crippen LogP contribution in [0.15, 0.2) is 43.0 Å². The van der Waals surface area contributed by atoms with Gasteiger partial charge in [0.05, 0.1) is 6.10 Å². The molecule has 3 heteroatoms. The number of hydrogen-bond donors (Lipinski definition) is 2. The van der Waals surface area contributed by atoms with Gasteiger partial charge >= 0.3 is 0 Å². The van der Waals surface area contributed by atoms with Crippen LogP contribution in [0, 0.1) is 0 Å². The van der Waals surface area contributed by atoms with E-state index in [2.05, 4.69) is 11.9 Å². The van der Waals surface area contributed by atoms with Gasteiger partial charge in [0, 0.05) is 18.9 Å². The van der Waals surface area contributed by atoms with E-state index >= 15 is 0 Å². The summed E-state index contributed by atoms with van der Waals surface area (Å²) in [6, 6.07) is 9.87. The lowest BCUT2D eigenvalue weighted by atomic mass is 9.95. The lowest BCUT2D eigenvalue weighted by molar-refractivity contribution is -0.121. The molecule has 0 aliphatic rings. The summed E-state index contributed by atoms with van der Waals surface area (Å²) in [4.78, 5) is 11.8. The maximum Gasteiger partial charge on any atom is 0.220 e. The van der Waals surface area contributed by atoms with E-state index in [0.717, 1.165) is 12.0 Å². The van der Waals surface area contributed by atoms with E-state index in [1.165, 1.54) is 0 Å². The quantitative estimate of drug-likeness (QED) is 0.707. The summed E-state index contributed by atoms with van der Waals surface area (Å²) in [6.07, 6.45) is 3.19. The molecule has 2 unspecified atom stereocenters. The zero-order valence-electron chi connectivity index (χ0n) is 11.5. The van der Waals surface area contributed by atoms with Crippen LogP contribution in [0.2, 0.25) is 0 Å². The Hall–Kier alpha value is -1.61. The second-order valence-electron chi connectivity index (χ2n) is 4.66. The number of carbonyl (C=O) groups is 1. The number of hydrogen-bond acceptors (Lipinski definition) is 2. The van der Waals surface area contributed by atoms with Gasteiger partial charge in [-0.3, -0.25) is 4.79 Å². The average Bonchev–Trinajstić information content (AvgIpc) is 2.45. The van der Waals surface area contributed by atoms with Gasteiger partial charge in [0.25, 0.3) is 0 Å². The summed E-state index contributed by atoms with van der Waals surface area (Å²) in [5.74, 6) is 0.0364. The van der Waals surface area contributed by atoms with E-state index in [4.69, 9.17) is 0 Å². The minimum absolute atomic E-state index is 0.00273. The third kappa shape index (κ3) is 5.71. The SMILES string of the molecule is C=CC(CC(=O)NCCC(O)CC)c1ccccc1. The number of carbonyl (C=O) groups excluding carboxylic acids is 1. The predicted molar refractivity (Wildman–Crippen MR) is 77.9 cm³/mol. The second kappa shape index (κ2) is 8.48. The molecule has 0 aliphatic heterocycles. The number of rotatable bonds is 8. The number of aliphatic hydroxyl groups is 1. The van der Waals surface area contributed by atoms with Gasteiger partial charge in [0.1, 0.15) is 0 Å². The highest BCUT2D eigenvalue weighted by Gasteiger charge is 2.12. The van der Waals surface area contributed by atoms with Crippen molar-refractivity contribution >= 4 is 5.91 Å². The number of nitrogens with one attached hydrogen (secondary N) is 1. The third-order valence-electron chi connectivity index (χ3n) is 3.19. The topological polar surface area (TPSA) is 49.3 Å². The summed E-state index contributed by atoms with van der Waals surface area (Å²) in [5, 5.41) is 12.2. The summed E-state index contributed by atoms with van der Waals surface area (Å²) in [6.45, 7) is 6.24. The van der Waals surface area contributed by atoms with Gasteiger partial charge in [-0.05, 0) is 18.4 Å². The van der Waals surface area contributed by atoms with Crippen LogP contribution in [0.5, 0.6) is 0 Å². The third-order valence-corrected chi connectivity index (χ3v) is 3.19. The van der Waals surface area contributed by atoms with Crippen LogP contribution in [0.3, 0.4) is 0 Å². The van der Waals surface area contributed by atoms with Gasteiger partial charge in [-0.25, -0.2) is 0 Å². The molecule has 1 aromatic carbocycles. The van der Waals surface area contributed by atoms with Crippen molar-refractivity contribution in [2.45, 2.75) is 38.2 Å². The van der Waals surface area contributed by atoms with Crippen LogP contribution < -0.4 is 5.32 Å². The van der Waals surface area contributed by atoms with Crippen molar-refractivity contribution in [3.05, 3.63) is 48.6 Å². The first kappa shape index (κ1) is 15.4. The maximum absolute atomic E-state index is 11.8. The molecule has 1 aromatic rings. The standard InChI is InChI=1S/C16H23NO2/c1-3-13(14-8-6-5-7-9-14)12-16(19)17-11-10-15(18)4-2/h3,5-9,13,15,18H,1,4,10-12H2,2H3,(H,17,19). The molecule has 1 rings (SSSR count). The first-order chi connectivity index (χ1) is 9.17. The molecule has 19 heavy (non-hydrogen) atoms. The van der Waals surface area contributed by atoms with E-state index in [9.17, 15) is 9.90 Å². The molecule has 0 saturated carbocycles. The Kier molecular flexibility index (Phi) is 6.90. The van der Waals surface area contributed by atoms with E-state index in [1.54, 1.807) is 6.08 Å². The van der Waals surface area contributed by atoms with Gasteiger partial charge < -0.3 is 10.4 Å². The fourth-order valence-corrected chi connectivity index (χ4v) is 1.89. The summed E-state index contributed by atoms with van der Waals surface area (Å²) in [7, 11) is 0. The predicted octanol–water partition coefficient (Wildman–Crippen LogP) is 2.62. The van der Waals surface area contributed by atoms with Crippen LogP contribution >= 0.6 is 0 Å². The summed E-state index contributed by atoms with van der Waals surface area (Å²) in [5.41, 5.74) is 1.10. The van der Waals surface area contributed by atoms with Crippen LogP contribution in [-0.2, 0) is 4.79 Å². The highest BCUT2D eigenvalue weighted by atomic mass is 16.3. The van der Waals surface area contributed by atoms with Gasteiger partial charge in [-0.2, -0.15) is 0 Å². The molecule has 0 radical (unpaired) electrons. The van der Waals surface area contributed by atoms with Crippen molar-refractivity contribution in [2.24, 2.45) is 0 Å². The number of benzene rings is 1. The Labute approximate surface area is 115 Å². The highest BCUT2D eigenvalue weighted by molar-refractivity contribution is 5.77. The Morgan fingerprint density at radius 3 is 2.68 bits per heavy atom. The fraction of sp³-hybridized carbons (Fsp3) is 0.438. The van der Waals surface area contributed by atoms with E-state index in [1.807, 2.05) is 37.3 Å². The van der Waals surface area contributed by atoms with Gasteiger partial charge in [0.2, 0.25) is 5.91 Å². The molecule has 0 spiro atoms. The molecule has 0 heterocycles. The lowest BCUT2D eigenvalue weighted by Gasteiger charge is -2.13. The van der Waals surface area contributed by atoms with Crippen molar-refractivity contribution < 1.29 is 9.90 Å². The highest BCUT2D eigenvalue weighted by Crippen LogP contribution is 2.20. The molecular weight excluding hydrogens is 238 g/mol. The Morgan fingerprint density at radius 1 is 1.42 bits per heavy atom. The van der Waals surface area contributed by atoms with E-state index in [0.29, 0.717) is 19.4 Å². The molecule has 1 amide bonds. The zero-order chi connectivity index (χ0) is 14.1. The first-order valence-electron chi connectivity index (χ1n) is 6.79. The molecule has 104 valence electrons. The molecule has 2 N–H and O–H groups in total. The summed E-state index contributed by atoms with van der Waals surface area (Å²) < 4.78 is 0. The van der Waals surface area contributed by atoms with Crippen LogP contribution in [-0.4, -0.2) is 23.7 Å². The smallest absolute Gasteiger partial charge is 0.220 e. The normalized spacial score (nSPS) is 13.6. The second-order valence-corrected chi connectivity index (χ2v) is 4.66. The minimum atomic E-state index is -0.329. The Bertz CT molecular complexity index is 389. The minimum Gasteiger partial charge on any atom is -0.393 e. The molecule has 3 nitrogen and oxygen atoms in total. The van der Waals surface area contributed by atoms with Gasteiger partial charge in [0.15, 0.2) is 0 Å². The molecule has 0 bridgehead atoms. The van der Waals surface area contributed by atoms with Crippen molar-refractivity contribution in [3.8, 4) is 0 Å². The fourth-order valence-electron chi connectivity index (χ4n) is 1.89. The van der Waals surface area contributed by atoms with Crippen LogP contribution in [0.1, 0.15) is 37.7 Å². The van der Waals surface area contributed by atoms with E-state index in [-0.39, 0.29) is 17.9 Å². The Balaban J connectivity index is 2.40. The van der Waals surface area contributed by atoms with Crippen LogP contribution in [0.4, 0.5) is 0 Å². The number of amides is 1. The van der Waals surface area contributed by atoms with Crippen molar-refractivity contribution in [3.63, 3.8) is 0 Å². The molecule has 0 fully saturated rings. The van der Waals surface area contributed by atoms with Crippen molar-refractivity contribution in [1.82, 2.24) is 5.32 Å². The van der Waals surface area contributed by atoms with Crippen LogP contribution in [0.25, 0.3) is 0 Å². The van der Waals surface area contributed by atoms with Gasteiger partial charge in [-0.1, -0.05) is 43.3 Å². The monoisotopic (exact) mass is 261 g/mol. The molecular formula is C16H23NO2. The molecule has 0 aliphatic carbocycles. The average molecular weight is 261 g/mol. The van der Waals surface area contributed by atoms with Gasteiger partial charge in [-0.15, -0.1) is 6.58 Å². The summed E-state index contributed by atoms with van der Waals surface area (Å²) >= 11 is 0. The maximum atomic E-state index is 11.8. The largest absolute Gasteiger partial charge is 0.393 e. The lowest BCUT2D eigenvalue weighted by Crippen LogP contribution is -2.28. The molecule has 2 atom stereocenters. The van der Waals surface area contributed by atoms with Crippen molar-refractivity contribution in [2.75, 3.05) is 6.54 Å². The van der Waals surface area contributed by atoms with Crippen molar-refractivity contribution in [1.29, 1.82) is 0 Å². The van der Waals surface area contributed by atoms with E-state index < -0.39 is 0 Å². The first-order valence-corrected chi connectivity index (χ1v) is 6.79. The Morgan fingerprint density at radius 2 is 2.11 bits per heavy atom. The number of allylic oxidation sites excluding steroid dienone is 1. The zero-order valence-corrected chi connectivity index (χ0v) is 11.5. The molecule has 0 aromatic heterocycles. The number of aliphatic hydroxyl groups excluding tert-OH is 1. The molecule has 0 saturated heterocycles.